The Kier molecular flexibility index (Phi) is 9.74. The molecule has 2 aromatic rings. The maximum Gasteiger partial charge on any atom is 0.493 e. The highest BCUT2D eigenvalue weighted by molar-refractivity contribution is 6.61. The molecule has 32 heavy (non-hydrogen) atoms. The summed E-state index contributed by atoms with van der Waals surface area (Å²) in [6.07, 6.45) is 5.38. The molecule has 0 amide bonds. The Morgan fingerprint density at radius 3 is 2.47 bits per heavy atom. The van der Waals surface area contributed by atoms with Gasteiger partial charge in [0.2, 0.25) is 0 Å². The summed E-state index contributed by atoms with van der Waals surface area (Å²) in [6, 6.07) is 13.0. The fourth-order valence-electron chi connectivity index (χ4n) is 3.70. The van der Waals surface area contributed by atoms with Gasteiger partial charge in [-0.1, -0.05) is 19.4 Å². The molecule has 0 aliphatic carbocycles. The molecule has 1 atom stereocenters. The van der Waals surface area contributed by atoms with Crippen molar-refractivity contribution in [3.63, 3.8) is 0 Å². The molecule has 1 heterocycles. The molecule has 0 bridgehead atoms. The van der Waals surface area contributed by atoms with E-state index >= 15 is 0 Å². The Hall–Kier alpha value is -2.19. The summed E-state index contributed by atoms with van der Waals surface area (Å²) < 4.78 is 28.7. The van der Waals surface area contributed by atoms with E-state index in [9.17, 15) is 4.79 Å². The SMILES string of the molecule is CCCCC(=O)c1ccc(Oc2ccc(B(OC)OC)c(COC3CCCCO3)c2)cc1. The third-order valence-corrected chi connectivity index (χ3v) is 5.53. The van der Waals surface area contributed by atoms with Crippen molar-refractivity contribution in [2.75, 3.05) is 20.8 Å². The second kappa shape index (κ2) is 12.8. The van der Waals surface area contributed by atoms with Gasteiger partial charge in [-0.05, 0) is 73.1 Å². The average molecular weight is 440 g/mol. The lowest BCUT2D eigenvalue weighted by Gasteiger charge is -2.24. The number of benzene rings is 2. The highest BCUT2D eigenvalue weighted by Crippen LogP contribution is 2.24. The van der Waals surface area contributed by atoms with Crippen LogP contribution in [0, 0.1) is 0 Å². The Labute approximate surface area is 191 Å². The van der Waals surface area contributed by atoms with E-state index in [1.54, 1.807) is 14.2 Å². The number of Topliss-reactive ketones (excluding diaryl/α,β-unsaturated/α-hetero) is 1. The number of hydrogen-bond donors (Lipinski definition) is 0. The first-order valence-corrected chi connectivity index (χ1v) is 11.4. The molecule has 7 heteroatoms. The fraction of sp³-hybridized carbons (Fsp3) is 0.480. The number of carbonyl (C=O) groups excluding carboxylic acids is 1. The van der Waals surface area contributed by atoms with Gasteiger partial charge in [-0.15, -0.1) is 0 Å². The van der Waals surface area contributed by atoms with Gasteiger partial charge in [-0.2, -0.15) is 0 Å². The van der Waals surface area contributed by atoms with E-state index in [0.29, 0.717) is 30.1 Å². The van der Waals surface area contributed by atoms with E-state index in [2.05, 4.69) is 6.92 Å². The number of ether oxygens (including phenoxy) is 3. The minimum atomic E-state index is -0.497. The maximum atomic E-state index is 12.2. The van der Waals surface area contributed by atoms with Crippen LogP contribution in [0.3, 0.4) is 0 Å². The number of carbonyl (C=O) groups is 1. The van der Waals surface area contributed by atoms with Gasteiger partial charge < -0.3 is 23.5 Å². The van der Waals surface area contributed by atoms with E-state index in [0.717, 1.165) is 49.7 Å². The van der Waals surface area contributed by atoms with Gasteiger partial charge in [0.25, 0.3) is 0 Å². The molecule has 172 valence electrons. The minimum absolute atomic E-state index is 0.164. The van der Waals surface area contributed by atoms with Gasteiger partial charge in [0, 0.05) is 32.8 Å². The standard InChI is InChI=1S/C25H33BO6/c1-4-5-8-24(27)19-10-12-21(13-11-19)32-22-14-15-23(26(28-2)29-3)20(17-22)18-31-25-9-6-7-16-30-25/h10-15,17,25H,4-9,16,18H2,1-3H3. The summed E-state index contributed by atoms with van der Waals surface area (Å²) in [5.74, 6) is 1.51. The van der Waals surface area contributed by atoms with Crippen LogP contribution in [0.25, 0.3) is 0 Å². The molecule has 3 rings (SSSR count). The monoisotopic (exact) mass is 440 g/mol. The van der Waals surface area contributed by atoms with Crippen molar-refractivity contribution in [1.29, 1.82) is 0 Å². The molecule has 0 saturated carbocycles. The molecular weight excluding hydrogens is 407 g/mol. The van der Waals surface area contributed by atoms with Gasteiger partial charge in [0.1, 0.15) is 11.5 Å². The largest absolute Gasteiger partial charge is 0.493 e. The van der Waals surface area contributed by atoms with Crippen LogP contribution in [0.2, 0.25) is 0 Å². The van der Waals surface area contributed by atoms with Crippen molar-refractivity contribution >= 4 is 18.4 Å². The summed E-state index contributed by atoms with van der Waals surface area (Å²) in [4.78, 5) is 12.2. The Morgan fingerprint density at radius 1 is 1.06 bits per heavy atom. The average Bonchev–Trinajstić information content (AvgIpc) is 2.84. The summed E-state index contributed by atoms with van der Waals surface area (Å²) in [5.41, 5.74) is 2.51. The van der Waals surface area contributed by atoms with Crippen LogP contribution in [0.15, 0.2) is 42.5 Å². The highest BCUT2D eigenvalue weighted by Gasteiger charge is 2.23. The van der Waals surface area contributed by atoms with E-state index < -0.39 is 7.12 Å². The normalized spacial score (nSPS) is 16.0. The molecule has 0 radical (unpaired) electrons. The molecule has 0 spiro atoms. The van der Waals surface area contributed by atoms with Gasteiger partial charge in [-0.3, -0.25) is 4.79 Å². The van der Waals surface area contributed by atoms with Crippen LogP contribution in [0.1, 0.15) is 61.4 Å². The molecule has 1 aliphatic rings. The lowest BCUT2D eigenvalue weighted by molar-refractivity contribution is -0.168. The summed E-state index contributed by atoms with van der Waals surface area (Å²) in [6.45, 7) is 3.18. The summed E-state index contributed by atoms with van der Waals surface area (Å²) in [7, 11) is 2.72. The molecular formula is C25H33BO6. The molecule has 1 saturated heterocycles. The maximum absolute atomic E-state index is 12.2. The van der Waals surface area contributed by atoms with E-state index in [-0.39, 0.29) is 12.1 Å². The number of hydrogen-bond acceptors (Lipinski definition) is 6. The molecule has 1 fully saturated rings. The fourth-order valence-corrected chi connectivity index (χ4v) is 3.70. The third-order valence-electron chi connectivity index (χ3n) is 5.53. The third kappa shape index (κ3) is 6.91. The van der Waals surface area contributed by atoms with Crippen molar-refractivity contribution < 1.29 is 28.3 Å². The summed E-state index contributed by atoms with van der Waals surface area (Å²) >= 11 is 0. The lowest BCUT2D eigenvalue weighted by Crippen LogP contribution is -2.38. The van der Waals surface area contributed by atoms with Crippen molar-refractivity contribution in [3.05, 3.63) is 53.6 Å². The highest BCUT2D eigenvalue weighted by atomic mass is 16.7. The molecule has 0 N–H and O–H groups in total. The smallest absolute Gasteiger partial charge is 0.457 e. The Bertz CT molecular complexity index is 844. The summed E-state index contributed by atoms with van der Waals surface area (Å²) in [5, 5.41) is 0. The van der Waals surface area contributed by atoms with Crippen LogP contribution in [0.4, 0.5) is 0 Å². The Morgan fingerprint density at radius 2 is 1.81 bits per heavy atom. The topological polar surface area (TPSA) is 63.2 Å². The number of unbranched alkanes of at least 4 members (excludes halogenated alkanes) is 1. The first-order chi connectivity index (χ1) is 15.6. The van der Waals surface area contributed by atoms with Gasteiger partial charge in [0.15, 0.2) is 12.1 Å². The quantitative estimate of drug-likeness (QED) is 0.346. The van der Waals surface area contributed by atoms with Crippen molar-refractivity contribution in [3.8, 4) is 11.5 Å². The first kappa shape index (κ1) is 24.5. The second-order valence-corrected chi connectivity index (χ2v) is 7.92. The predicted molar refractivity (Wildman–Crippen MR) is 125 cm³/mol. The second-order valence-electron chi connectivity index (χ2n) is 7.92. The molecule has 2 aromatic carbocycles. The number of ketones is 1. The van der Waals surface area contributed by atoms with E-state index in [1.807, 2.05) is 42.5 Å². The molecule has 1 unspecified atom stereocenters. The zero-order valence-electron chi connectivity index (χ0n) is 19.3. The molecule has 1 aliphatic heterocycles. The van der Waals surface area contributed by atoms with E-state index in [1.165, 1.54) is 0 Å². The minimum Gasteiger partial charge on any atom is -0.457 e. The van der Waals surface area contributed by atoms with Crippen molar-refractivity contribution in [2.24, 2.45) is 0 Å². The predicted octanol–water partition coefficient (Wildman–Crippen LogP) is 4.88. The van der Waals surface area contributed by atoms with Crippen molar-refractivity contribution in [2.45, 2.75) is 58.3 Å². The zero-order chi connectivity index (χ0) is 22.8. The first-order valence-electron chi connectivity index (χ1n) is 11.4. The van der Waals surface area contributed by atoms with Crippen LogP contribution in [0.5, 0.6) is 11.5 Å². The van der Waals surface area contributed by atoms with Gasteiger partial charge in [-0.25, -0.2) is 0 Å². The zero-order valence-corrected chi connectivity index (χ0v) is 19.3. The van der Waals surface area contributed by atoms with Crippen LogP contribution in [-0.4, -0.2) is 40.0 Å². The number of rotatable bonds is 12. The van der Waals surface area contributed by atoms with Gasteiger partial charge in [0.05, 0.1) is 6.61 Å². The molecule has 0 aromatic heterocycles. The van der Waals surface area contributed by atoms with Gasteiger partial charge >= 0.3 is 7.12 Å². The lowest BCUT2D eigenvalue weighted by atomic mass is 9.76. The van der Waals surface area contributed by atoms with Crippen molar-refractivity contribution in [1.82, 2.24) is 0 Å². The molecule has 6 nitrogen and oxygen atoms in total. The van der Waals surface area contributed by atoms with Crippen LogP contribution >= 0.6 is 0 Å². The van der Waals surface area contributed by atoms with Crippen LogP contribution in [-0.2, 0) is 25.4 Å². The van der Waals surface area contributed by atoms with Crippen LogP contribution < -0.4 is 10.2 Å². The Balaban J connectivity index is 1.72. The van der Waals surface area contributed by atoms with E-state index in [4.69, 9.17) is 23.5 Å².